The van der Waals surface area contributed by atoms with Crippen molar-refractivity contribution in [2.45, 2.75) is 77.5 Å². The van der Waals surface area contributed by atoms with E-state index in [1.807, 2.05) is 23.6 Å². The minimum absolute atomic E-state index is 0.0781. The normalized spacial score (nSPS) is 15.6. The Morgan fingerprint density at radius 1 is 0.740 bits per heavy atom. The number of aryl methyl sites for hydroxylation is 2. The zero-order chi connectivity index (χ0) is 54.5. The molecule has 2 aromatic carbocycles. The van der Waals surface area contributed by atoms with Gasteiger partial charge in [-0.25, -0.2) is 14.2 Å². The summed E-state index contributed by atoms with van der Waals surface area (Å²) in [5, 5.41) is 61.6. The maximum absolute atomic E-state index is 14.3. The Morgan fingerprint density at radius 2 is 1.35 bits per heavy atom. The van der Waals surface area contributed by atoms with Gasteiger partial charge in [0.05, 0.1) is 29.5 Å². The van der Waals surface area contributed by atoms with Crippen LogP contribution in [0.4, 0.5) is 23.5 Å². The molecule has 25 heteroatoms. The molecule has 3 aromatic heterocycles. The highest BCUT2D eigenvalue weighted by Crippen LogP contribution is 2.43. The predicted molar refractivity (Wildman–Crippen MR) is 281 cm³/mol. The molecule has 0 unspecified atom stereocenters. The molecule has 4 atom stereocenters. The quantitative estimate of drug-likeness (QED) is 0.0469. The number of phenols is 1. The van der Waals surface area contributed by atoms with Gasteiger partial charge < -0.3 is 55.5 Å². The number of hydrogen-bond donors (Lipinski definition) is 6. The van der Waals surface area contributed by atoms with Crippen LogP contribution in [0.25, 0.3) is 33.4 Å². The number of piperazine rings is 2. The second-order valence-electron chi connectivity index (χ2n) is 19.4. The van der Waals surface area contributed by atoms with Crippen LogP contribution < -0.4 is 26.3 Å². The number of aromatic carboxylic acids is 1. The number of aliphatic carboxylic acids is 1. The van der Waals surface area contributed by atoms with Crippen LogP contribution >= 0.6 is 0 Å². The molecule has 25 nitrogen and oxygen atoms in total. The number of amides is 2. The van der Waals surface area contributed by atoms with E-state index in [1.165, 1.54) is 39.7 Å². The minimum Gasteiger partial charge on any atom is -0.508 e. The van der Waals surface area contributed by atoms with Gasteiger partial charge in [-0.3, -0.25) is 19.2 Å². The van der Waals surface area contributed by atoms with Crippen molar-refractivity contribution < 1.29 is 44.0 Å². The number of carbonyl (C=O) groups excluding carboxylic acids is 2. The van der Waals surface area contributed by atoms with Gasteiger partial charge in [-0.1, -0.05) is 36.8 Å². The molecule has 7 N–H and O–H groups in total. The third kappa shape index (κ3) is 11.8. The molecule has 6 heterocycles. The van der Waals surface area contributed by atoms with E-state index in [0.29, 0.717) is 97.8 Å². The van der Waals surface area contributed by atoms with Crippen LogP contribution in [-0.4, -0.2) is 164 Å². The highest BCUT2D eigenvalue weighted by molar-refractivity contribution is 6.08. The van der Waals surface area contributed by atoms with Crippen LogP contribution in [0.5, 0.6) is 5.75 Å². The van der Waals surface area contributed by atoms with Crippen LogP contribution in [-0.2, 0) is 27.2 Å². The van der Waals surface area contributed by atoms with Gasteiger partial charge in [0.1, 0.15) is 23.1 Å². The van der Waals surface area contributed by atoms with Gasteiger partial charge in [0.15, 0.2) is 11.5 Å². The minimum atomic E-state index is -1.25. The fraction of sp³-hybridized carbons (Fsp3) is 0.423. The summed E-state index contributed by atoms with van der Waals surface area (Å²) in [5.74, 6) is -2.02. The Morgan fingerprint density at radius 3 is 1.95 bits per heavy atom. The van der Waals surface area contributed by atoms with Crippen molar-refractivity contribution in [1.29, 1.82) is 0 Å². The monoisotopic (exact) mass is 1060 g/mol. The number of rotatable bonds is 20. The highest BCUT2D eigenvalue weighted by atomic mass is 16.4. The largest absolute Gasteiger partial charge is 0.508 e. The predicted octanol–water partition coefficient (Wildman–Crippen LogP) is 3.59. The molecule has 2 fully saturated rings. The van der Waals surface area contributed by atoms with E-state index in [1.54, 1.807) is 53.4 Å². The summed E-state index contributed by atoms with van der Waals surface area (Å²) in [4.78, 5) is 87.1. The van der Waals surface area contributed by atoms with E-state index in [-0.39, 0.29) is 89.6 Å². The lowest BCUT2D eigenvalue weighted by Gasteiger charge is -2.38. The lowest BCUT2D eigenvalue weighted by Crippen LogP contribution is -2.53. The van der Waals surface area contributed by atoms with Gasteiger partial charge in [0, 0.05) is 106 Å². The number of nitrogens with zero attached hydrogens (tertiary/aromatic N) is 13. The third-order valence-electron chi connectivity index (χ3n) is 14.1. The number of benzene rings is 3. The molecular weight excluding hydrogens is 995 g/mol. The van der Waals surface area contributed by atoms with Crippen LogP contribution in [0.1, 0.15) is 80.3 Å². The summed E-state index contributed by atoms with van der Waals surface area (Å²) in [6.45, 7) is 8.42. The summed E-state index contributed by atoms with van der Waals surface area (Å²) in [7, 11) is 0. The van der Waals surface area contributed by atoms with Crippen molar-refractivity contribution in [2.24, 2.45) is 11.7 Å². The van der Waals surface area contributed by atoms with Crippen molar-refractivity contribution in [3.63, 3.8) is 0 Å². The highest BCUT2D eigenvalue weighted by Gasteiger charge is 2.36. The number of carbonyl (C=O) groups is 4. The van der Waals surface area contributed by atoms with Gasteiger partial charge in [-0.2, -0.15) is 15.0 Å². The van der Waals surface area contributed by atoms with Crippen molar-refractivity contribution >= 4 is 58.3 Å². The first-order valence-electron chi connectivity index (χ1n) is 25.7. The van der Waals surface area contributed by atoms with E-state index < -0.39 is 30.1 Å². The second-order valence-corrected chi connectivity index (χ2v) is 19.4. The number of anilines is 4. The van der Waals surface area contributed by atoms with E-state index in [0.717, 1.165) is 12.8 Å². The molecule has 404 valence electrons. The molecule has 2 amide bonds. The summed E-state index contributed by atoms with van der Waals surface area (Å²) < 4.78 is 8.96. The first-order chi connectivity index (χ1) is 37.1. The fourth-order valence-corrected chi connectivity index (χ4v) is 9.81. The topological polar surface area (TPSA) is 331 Å². The number of phenolic OH excluding ortho intramolecular Hbond substituents is 1. The van der Waals surface area contributed by atoms with Gasteiger partial charge in [0.2, 0.25) is 29.7 Å². The molecule has 5 aromatic rings. The maximum atomic E-state index is 14.3. The van der Waals surface area contributed by atoms with E-state index in [9.17, 15) is 44.4 Å². The lowest BCUT2D eigenvalue weighted by molar-refractivity contribution is -0.139. The first kappa shape index (κ1) is 53.3. The van der Waals surface area contributed by atoms with Crippen LogP contribution in [0.15, 0.2) is 76.2 Å². The molecule has 0 radical (unpaired) electrons. The van der Waals surface area contributed by atoms with Crippen LogP contribution in [0.2, 0.25) is 0 Å². The van der Waals surface area contributed by atoms with E-state index in [4.69, 9.17) is 25.1 Å². The zero-order valence-electron chi connectivity index (χ0n) is 42.9. The average molecular weight is 1060 g/mol. The number of aliphatic hydroxyl groups excluding tert-OH is 1. The number of aliphatic hydroxyl groups is 1. The third-order valence-corrected chi connectivity index (χ3v) is 14.1. The van der Waals surface area contributed by atoms with E-state index in [2.05, 4.69) is 25.9 Å². The molecule has 0 saturated carbocycles. The molecule has 2 saturated heterocycles. The molecule has 3 aliphatic heterocycles. The van der Waals surface area contributed by atoms with E-state index >= 15 is 0 Å². The zero-order valence-corrected chi connectivity index (χ0v) is 42.9. The smallest absolute Gasteiger partial charge is 0.336 e. The molecule has 0 bridgehead atoms. The molecule has 1 aliphatic carbocycles. The maximum Gasteiger partial charge on any atom is 0.336 e. The van der Waals surface area contributed by atoms with Gasteiger partial charge in [0.25, 0.3) is 0 Å². The SMILES string of the molecule is CC[C@H](C)[C@@H](C(=O)N1CCN(c2nc(Nc3ccc(-c4c5ccc(=O)cc-5oc5cc(O)ccc45)c(C(=O)O)c3)nc(N3CCN(C(=O)[C@H]([C@@H](C)O)n4cc(CCCCN)nn4)CC3)n2)CC1)n1cc(CCC(=O)O)nn1. The number of carboxylic acid groups (broad SMARTS) is 2. The number of nitrogens with two attached hydrogens (primary N) is 1. The Labute approximate surface area is 441 Å². The molecule has 77 heavy (non-hydrogen) atoms. The number of aromatic hydroxyl groups is 1. The molecular formula is C52H61N15O10. The summed E-state index contributed by atoms with van der Waals surface area (Å²) in [6, 6.07) is 11.8. The van der Waals surface area contributed by atoms with Crippen LogP contribution in [0.3, 0.4) is 0 Å². The van der Waals surface area contributed by atoms with Crippen molar-refractivity contribution in [3.8, 4) is 28.2 Å². The van der Waals surface area contributed by atoms with Gasteiger partial charge >= 0.3 is 11.9 Å². The second kappa shape index (κ2) is 23.1. The standard InChI is InChI=1S/C52H61N15O10/c1-4-30(2)45(66-29-34(59-60-66)9-15-43(71)72)47(73)62-17-21-64(22-18-62)51-55-50(56-52(57-51)65-23-19-63(20-24-65)48(74)46(31(3)68)67-28-33(58-61-67)7-5-6-16-53)54-32-8-12-37(40(25-32)49(75)76)44-38-13-10-35(69)26-41(38)77-42-27-36(70)11-14-39(42)44/h8,10-14,25-31,45-46,68-69H,4-7,9,15-24,53H2,1-3H3,(H,71,72)(H,75,76)(H,54,55,56,57)/t30-,31+,45-,46-/m0/s1. The number of hydrogen-bond acceptors (Lipinski definition) is 19. The Kier molecular flexibility index (Phi) is 16.0. The van der Waals surface area contributed by atoms with Crippen molar-refractivity contribution in [1.82, 2.24) is 54.7 Å². The van der Waals surface area contributed by atoms with Gasteiger partial charge in [-0.05, 0) is 80.6 Å². The number of fused-ring (bicyclic) bond motifs is 2. The number of carboxylic acids is 2. The summed E-state index contributed by atoms with van der Waals surface area (Å²) in [5.41, 5.74) is 8.28. The Bertz CT molecular complexity index is 3310. The summed E-state index contributed by atoms with van der Waals surface area (Å²) in [6.07, 6.45) is 5.27. The first-order valence-corrected chi connectivity index (χ1v) is 25.7. The van der Waals surface area contributed by atoms with Gasteiger partial charge in [-0.15, -0.1) is 10.2 Å². The molecule has 9 rings (SSSR count). The van der Waals surface area contributed by atoms with Crippen LogP contribution in [0, 0.1) is 5.92 Å². The molecule has 0 spiro atoms. The number of nitrogens with one attached hydrogen (secondary N) is 1. The molecule has 4 aliphatic rings. The number of aromatic nitrogens is 9. The fourth-order valence-electron chi connectivity index (χ4n) is 9.81. The number of unbranched alkanes of at least 4 members (excludes halogenated alkanes) is 1. The van der Waals surface area contributed by atoms with Crippen molar-refractivity contribution in [2.75, 3.05) is 74.0 Å². The Hall–Kier alpha value is -8.58. The Balaban J connectivity index is 0.997. The van der Waals surface area contributed by atoms with Crippen molar-refractivity contribution in [3.05, 3.63) is 94.2 Å². The lowest BCUT2D eigenvalue weighted by atomic mass is 9.90. The average Bonchev–Trinajstić information content (AvgIpc) is 4.11. The summed E-state index contributed by atoms with van der Waals surface area (Å²) >= 11 is 0.